The van der Waals surface area contributed by atoms with Crippen LogP contribution in [0.3, 0.4) is 0 Å². The summed E-state index contributed by atoms with van der Waals surface area (Å²) >= 11 is 0. The van der Waals surface area contributed by atoms with Crippen molar-refractivity contribution in [2.24, 2.45) is 16.9 Å². The van der Waals surface area contributed by atoms with E-state index in [1.54, 1.807) is 20.8 Å². The third-order valence-corrected chi connectivity index (χ3v) is 2.30. The lowest BCUT2D eigenvalue weighted by atomic mass is 9.92. The largest absolute Gasteiger partial charge is 0.481 e. The molecule has 6 N–H and O–H groups in total. The number of nitrogens with one attached hydrogen (secondary N) is 1. The van der Waals surface area contributed by atoms with E-state index < -0.39 is 41.2 Å². The topological polar surface area (TPSA) is 136 Å². The first-order chi connectivity index (χ1) is 7.88. The van der Waals surface area contributed by atoms with Crippen molar-refractivity contribution in [1.29, 1.82) is 0 Å². The van der Waals surface area contributed by atoms with Crippen LogP contribution in [-0.4, -0.2) is 34.5 Å². The van der Waals surface area contributed by atoms with Crippen LogP contribution in [0.4, 0.5) is 0 Å². The van der Waals surface area contributed by atoms with Crippen LogP contribution < -0.4 is 16.8 Å². The number of carbonyl (C=O) groups excluding carboxylic acids is 2. The number of aliphatic carboxylic acids is 1. The molecule has 0 aliphatic carbocycles. The van der Waals surface area contributed by atoms with Gasteiger partial charge in [0, 0.05) is 5.41 Å². The molecule has 2 atom stereocenters. The van der Waals surface area contributed by atoms with Crippen LogP contribution in [0.2, 0.25) is 0 Å². The van der Waals surface area contributed by atoms with Crippen molar-refractivity contribution < 1.29 is 19.5 Å². The molecule has 0 aliphatic rings. The maximum Gasteiger partial charge on any atom is 0.305 e. The highest BCUT2D eigenvalue weighted by Crippen LogP contribution is 2.14. The maximum absolute atomic E-state index is 11.8. The fraction of sp³-hybridized carbons (Fsp3) is 0.727. The SMILES string of the molecule is CC(C)(C)C(=O)N[C@@](C)(N)C(=O)[C@@H](N)CC(=O)O. The Morgan fingerprint density at radius 2 is 1.67 bits per heavy atom. The molecule has 0 aromatic carbocycles. The van der Waals surface area contributed by atoms with Gasteiger partial charge < -0.3 is 21.9 Å². The lowest BCUT2D eigenvalue weighted by Gasteiger charge is -2.30. The van der Waals surface area contributed by atoms with Gasteiger partial charge >= 0.3 is 5.97 Å². The molecule has 18 heavy (non-hydrogen) atoms. The molecule has 0 aliphatic heterocycles. The summed E-state index contributed by atoms with van der Waals surface area (Å²) in [5.41, 5.74) is 8.72. The minimum Gasteiger partial charge on any atom is -0.481 e. The molecule has 0 saturated carbocycles. The minimum absolute atomic E-state index is 0.414. The number of carboxylic acids is 1. The lowest BCUT2D eigenvalue weighted by Crippen LogP contribution is -2.65. The summed E-state index contributed by atoms with van der Waals surface area (Å²) in [6.07, 6.45) is -0.531. The predicted octanol–water partition coefficient (Wildman–Crippen LogP) is -0.805. The number of ketones is 1. The Morgan fingerprint density at radius 3 is 2.00 bits per heavy atom. The summed E-state index contributed by atoms with van der Waals surface area (Å²) < 4.78 is 0. The number of amides is 1. The van der Waals surface area contributed by atoms with Gasteiger partial charge in [-0.15, -0.1) is 0 Å². The molecule has 104 valence electrons. The number of Topliss-reactive ketones (excluding diaryl/α,β-unsaturated/α-hetero) is 1. The quantitative estimate of drug-likeness (QED) is 0.477. The normalized spacial score (nSPS) is 16.6. The minimum atomic E-state index is -1.68. The Kier molecular flexibility index (Phi) is 5.00. The molecule has 0 fully saturated rings. The summed E-state index contributed by atoms with van der Waals surface area (Å²) in [4.78, 5) is 34.0. The summed E-state index contributed by atoms with van der Waals surface area (Å²) in [6.45, 7) is 6.29. The highest BCUT2D eigenvalue weighted by molar-refractivity contribution is 5.97. The van der Waals surface area contributed by atoms with E-state index in [1.807, 2.05) is 0 Å². The zero-order valence-corrected chi connectivity index (χ0v) is 11.1. The molecule has 0 radical (unpaired) electrons. The first-order valence-corrected chi connectivity index (χ1v) is 5.51. The molecule has 0 aromatic heterocycles. The van der Waals surface area contributed by atoms with Crippen molar-refractivity contribution in [2.75, 3.05) is 0 Å². The van der Waals surface area contributed by atoms with Crippen molar-refractivity contribution >= 4 is 17.7 Å². The van der Waals surface area contributed by atoms with Crippen molar-refractivity contribution in [3.05, 3.63) is 0 Å². The highest BCUT2D eigenvalue weighted by atomic mass is 16.4. The fourth-order valence-electron chi connectivity index (χ4n) is 1.15. The first-order valence-electron chi connectivity index (χ1n) is 5.51. The third kappa shape index (κ3) is 4.80. The standard InChI is InChI=1S/C11H21N3O4/c1-10(2,3)9(18)14-11(4,13)8(17)6(12)5-7(15)16/h6H,5,12-13H2,1-4H3,(H,14,18)(H,15,16)/t6-,11+/m0/s1. The number of carbonyl (C=O) groups is 3. The third-order valence-electron chi connectivity index (χ3n) is 2.30. The van der Waals surface area contributed by atoms with E-state index in [-0.39, 0.29) is 0 Å². The molecule has 0 heterocycles. The van der Waals surface area contributed by atoms with E-state index >= 15 is 0 Å². The van der Waals surface area contributed by atoms with Crippen LogP contribution in [0.1, 0.15) is 34.1 Å². The number of carboxylic acid groups (broad SMARTS) is 1. The molecule has 7 heteroatoms. The second kappa shape index (κ2) is 5.45. The number of rotatable bonds is 5. The van der Waals surface area contributed by atoms with Crippen molar-refractivity contribution in [3.8, 4) is 0 Å². The fourth-order valence-corrected chi connectivity index (χ4v) is 1.15. The maximum atomic E-state index is 11.8. The van der Waals surface area contributed by atoms with Crippen molar-refractivity contribution in [1.82, 2.24) is 5.32 Å². The molecule has 0 saturated heterocycles. The van der Waals surface area contributed by atoms with Gasteiger partial charge in [0.15, 0.2) is 5.78 Å². The van der Waals surface area contributed by atoms with Crippen LogP contribution >= 0.6 is 0 Å². The molecule has 1 amide bonds. The molecule has 0 bridgehead atoms. The molecule has 0 rings (SSSR count). The van der Waals surface area contributed by atoms with Crippen LogP contribution in [0.5, 0.6) is 0 Å². The van der Waals surface area contributed by atoms with Crippen molar-refractivity contribution in [3.63, 3.8) is 0 Å². The first kappa shape index (κ1) is 16.5. The lowest BCUT2D eigenvalue weighted by molar-refractivity contribution is -0.141. The zero-order valence-electron chi connectivity index (χ0n) is 11.1. The summed E-state index contributed by atoms with van der Waals surface area (Å²) in [5.74, 6) is -2.33. The Labute approximate surface area is 106 Å². The Balaban J connectivity index is 4.78. The molecular formula is C11H21N3O4. The monoisotopic (exact) mass is 259 g/mol. The van der Waals surface area contributed by atoms with Crippen LogP contribution in [-0.2, 0) is 14.4 Å². The zero-order chi connectivity index (χ0) is 14.7. The van der Waals surface area contributed by atoms with Gasteiger partial charge in [0.25, 0.3) is 0 Å². The van der Waals surface area contributed by atoms with Gasteiger partial charge in [-0.25, -0.2) is 0 Å². The Bertz CT molecular complexity index is 358. The number of hydrogen-bond donors (Lipinski definition) is 4. The Morgan fingerprint density at radius 1 is 1.22 bits per heavy atom. The summed E-state index contributed by atoms with van der Waals surface area (Å²) in [6, 6.07) is -1.25. The molecule has 7 nitrogen and oxygen atoms in total. The molecule has 0 aromatic rings. The van der Waals surface area contributed by atoms with Crippen LogP contribution in [0, 0.1) is 5.41 Å². The average Bonchev–Trinajstić information content (AvgIpc) is 2.13. The smallest absolute Gasteiger partial charge is 0.305 e. The van der Waals surface area contributed by atoms with E-state index in [1.165, 1.54) is 6.92 Å². The van der Waals surface area contributed by atoms with Gasteiger partial charge in [-0.3, -0.25) is 14.4 Å². The summed E-state index contributed by atoms with van der Waals surface area (Å²) in [5, 5.41) is 10.9. The summed E-state index contributed by atoms with van der Waals surface area (Å²) in [7, 11) is 0. The highest BCUT2D eigenvalue weighted by Gasteiger charge is 2.37. The van der Waals surface area contributed by atoms with E-state index in [4.69, 9.17) is 16.6 Å². The van der Waals surface area contributed by atoms with E-state index in [2.05, 4.69) is 5.32 Å². The van der Waals surface area contributed by atoms with Gasteiger partial charge in [-0.1, -0.05) is 20.8 Å². The Hall–Kier alpha value is -1.47. The molecular weight excluding hydrogens is 238 g/mol. The number of nitrogens with two attached hydrogens (primary N) is 2. The van der Waals surface area contributed by atoms with Crippen molar-refractivity contribution in [2.45, 2.75) is 45.8 Å². The van der Waals surface area contributed by atoms with Gasteiger partial charge in [0.1, 0.15) is 5.66 Å². The van der Waals surface area contributed by atoms with Gasteiger partial charge in [-0.2, -0.15) is 0 Å². The van der Waals surface area contributed by atoms with E-state index in [0.717, 1.165) is 0 Å². The second-order valence-corrected chi connectivity index (χ2v) is 5.48. The van der Waals surface area contributed by atoms with E-state index in [9.17, 15) is 14.4 Å². The predicted molar refractivity (Wildman–Crippen MR) is 65.4 cm³/mol. The van der Waals surface area contributed by atoms with E-state index in [0.29, 0.717) is 0 Å². The van der Waals surface area contributed by atoms with Crippen LogP contribution in [0.25, 0.3) is 0 Å². The van der Waals surface area contributed by atoms with Gasteiger partial charge in [-0.05, 0) is 6.92 Å². The van der Waals surface area contributed by atoms with Gasteiger partial charge in [0.2, 0.25) is 5.91 Å². The average molecular weight is 259 g/mol. The number of hydrogen-bond acceptors (Lipinski definition) is 5. The van der Waals surface area contributed by atoms with Crippen LogP contribution in [0.15, 0.2) is 0 Å². The second-order valence-electron chi connectivity index (χ2n) is 5.48. The molecule has 0 spiro atoms. The molecule has 0 unspecified atom stereocenters. The van der Waals surface area contributed by atoms with Gasteiger partial charge in [0.05, 0.1) is 12.5 Å².